The van der Waals surface area contributed by atoms with E-state index in [0.29, 0.717) is 11.8 Å². The van der Waals surface area contributed by atoms with Gasteiger partial charge in [0.25, 0.3) is 0 Å². The fourth-order valence-electron chi connectivity index (χ4n) is 4.25. The Morgan fingerprint density at radius 3 is 2.95 bits per heavy atom. The minimum Gasteiger partial charge on any atom is -0.297 e. The van der Waals surface area contributed by atoms with Crippen LogP contribution in [0.15, 0.2) is 49.2 Å². The Balaban J connectivity index is 1.67. The molecule has 0 radical (unpaired) electrons. The summed E-state index contributed by atoms with van der Waals surface area (Å²) in [4.78, 5) is 6.67. The van der Waals surface area contributed by atoms with E-state index in [1.165, 1.54) is 6.42 Å². The van der Waals surface area contributed by atoms with Crippen LogP contribution >= 0.6 is 0 Å². The third-order valence-corrected chi connectivity index (χ3v) is 5.47. The summed E-state index contributed by atoms with van der Waals surface area (Å²) >= 11 is 0. The predicted molar refractivity (Wildman–Crippen MR) is 87.4 cm³/mol. The summed E-state index contributed by atoms with van der Waals surface area (Å²) in [5, 5.41) is 0.945. The standard InChI is InChI=1S/C19H21FN2/c1-2-13-12-22-10-8-14(13)11-18(22)19(20)16-7-9-21-17-6-4-3-5-15(16)17/h2-7,9,13-14,18-19H,1,8,10-12H2/t13-,14-,18+,19-/m0/s1. The monoisotopic (exact) mass is 296 g/mol. The number of alkyl halides is 1. The lowest BCUT2D eigenvalue weighted by Gasteiger charge is -2.50. The highest BCUT2D eigenvalue weighted by atomic mass is 19.1. The van der Waals surface area contributed by atoms with Gasteiger partial charge in [-0.2, -0.15) is 0 Å². The lowest BCUT2D eigenvalue weighted by atomic mass is 9.74. The smallest absolute Gasteiger partial charge is 0.141 e. The van der Waals surface area contributed by atoms with E-state index in [0.717, 1.165) is 36.0 Å². The average molecular weight is 296 g/mol. The molecule has 3 fully saturated rings. The second-order valence-electron chi connectivity index (χ2n) is 6.57. The molecule has 5 atom stereocenters. The topological polar surface area (TPSA) is 16.1 Å². The van der Waals surface area contributed by atoms with Crippen LogP contribution in [0.4, 0.5) is 4.39 Å². The Kier molecular flexibility index (Phi) is 3.45. The lowest BCUT2D eigenvalue weighted by molar-refractivity contribution is -0.0183. The van der Waals surface area contributed by atoms with E-state index in [-0.39, 0.29) is 6.04 Å². The number of rotatable bonds is 3. The van der Waals surface area contributed by atoms with Crippen molar-refractivity contribution >= 4 is 10.9 Å². The van der Waals surface area contributed by atoms with Crippen molar-refractivity contribution in [2.24, 2.45) is 11.8 Å². The number of nitrogens with zero attached hydrogens (tertiary/aromatic N) is 2. The molecule has 1 aromatic carbocycles. The maximum Gasteiger partial charge on any atom is 0.141 e. The van der Waals surface area contributed by atoms with Crippen LogP contribution in [0, 0.1) is 11.8 Å². The van der Waals surface area contributed by atoms with E-state index in [1.807, 2.05) is 30.3 Å². The summed E-state index contributed by atoms with van der Waals surface area (Å²) in [7, 11) is 0. The van der Waals surface area contributed by atoms with E-state index in [2.05, 4.69) is 22.5 Å². The van der Waals surface area contributed by atoms with Crippen LogP contribution in [0.25, 0.3) is 10.9 Å². The Hall–Kier alpha value is -1.74. The molecule has 3 saturated heterocycles. The number of hydrogen-bond donors (Lipinski definition) is 0. The first-order chi connectivity index (χ1) is 10.8. The Bertz CT molecular complexity index is 693. The summed E-state index contributed by atoms with van der Waals surface area (Å²) in [6.45, 7) is 5.92. The van der Waals surface area contributed by atoms with Gasteiger partial charge in [-0.3, -0.25) is 9.88 Å². The van der Waals surface area contributed by atoms with Crippen molar-refractivity contribution in [2.45, 2.75) is 25.1 Å². The fraction of sp³-hybridized carbons (Fsp3) is 0.421. The first-order valence-corrected chi connectivity index (χ1v) is 8.12. The van der Waals surface area contributed by atoms with E-state index >= 15 is 4.39 Å². The second-order valence-corrected chi connectivity index (χ2v) is 6.57. The van der Waals surface area contributed by atoms with Gasteiger partial charge in [0, 0.05) is 24.2 Å². The van der Waals surface area contributed by atoms with Gasteiger partial charge in [-0.1, -0.05) is 24.3 Å². The van der Waals surface area contributed by atoms with Crippen molar-refractivity contribution in [3.63, 3.8) is 0 Å². The van der Waals surface area contributed by atoms with Crippen molar-refractivity contribution in [3.05, 3.63) is 54.7 Å². The van der Waals surface area contributed by atoms with Crippen molar-refractivity contribution in [2.75, 3.05) is 13.1 Å². The van der Waals surface area contributed by atoms with Crippen LogP contribution in [0.2, 0.25) is 0 Å². The number of para-hydroxylation sites is 1. The Morgan fingerprint density at radius 2 is 2.18 bits per heavy atom. The summed E-state index contributed by atoms with van der Waals surface area (Å²) in [6, 6.07) is 9.69. The first-order valence-electron chi connectivity index (χ1n) is 8.12. The molecule has 1 aromatic heterocycles. The van der Waals surface area contributed by atoms with E-state index in [4.69, 9.17) is 0 Å². The van der Waals surface area contributed by atoms with Crippen molar-refractivity contribution in [1.29, 1.82) is 0 Å². The molecule has 3 heteroatoms. The molecule has 0 saturated carbocycles. The average Bonchev–Trinajstić information content (AvgIpc) is 2.60. The molecule has 0 spiro atoms. The number of hydrogen-bond acceptors (Lipinski definition) is 2. The van der Waals surface area contributed by atoms with Crippen LogP contribution in [-0.2, 0) is 0 Å². The van der Waals surface area contributed by atoms with Gasteiger partial charge >= 0.3 is 0 Å². The SMILES string of the molecule is C=C[C@H]1CN2CC[C@H]1C[C@@H]2[C@@H](F)c1ccnc2ccccc12. The molecule has 1 unspecified atom stereocenters. The molecule has 0 amide bonds. The lowest BCUT2D eigenvalue weighted by Crippen LogP contribution is -2.54. The number of pyridine rings is 1. The summed E-state index contributed by atoms with van der Waals surface area (Å²) in [6.07, 6.45) is 4.96. The maximum atomic E-state index is 15.3. The van der Waals surface area contributed by atoms with E-state index in [9.17, 15) is 0 Å². The summed E-state index contributed by atoms with van der Waals surface area (Å²) in [5.74, 6) is 1.13. The normalized spacial score (nSPS) is 32.0. The zero-order valence-corrected chi connectivity index (χ0v) is 12.7. The minimum atomic E-state index is -0.943. The van der Waals surface area contributed by atoms with Crippen LogP contribution < -0.4 is 0 Å². The van der Waals surface area contributed by atoms with Gasteiger partial charge in [0.1, 0.15) is 6.17 Å². The van der Waals surface area contributed by atoms with Crippen LogP contribution in [0.1, 0.15) is 24.6 Å². The molecular weight excluding hydrogens is 275 g/mol. The zero-order chi connectivity index (χ0) is 15.1. The number of aromatic nitrogens is 1. The molecule has 5 rings (SSSR count). The van der Waals surface area contributed by atoms with Crippen LogP contribution in [0.5, 0.6) is 0 Å². The predicted octanol–water partition coefficient (Wildman–Crippen LogP) is 4.14. The third-order valence-electron chi connectivity index (χ3n) is 5.47. The molecule has 0 aliphatic carbocycles. The minimum absolute atomic E-state index is 0.000700. The summed E-state index contributed by atoms with van der Waals surface area (Å²) < 4.78 is 15.3. The van der Waals surface area contributed by atoms with Crippen molar-refractivity contribution in [3.8, 4) is 0 Å². The van der Waals surface area contributed by atoms with E-state index in [1.54, 1.807) is 6.20 Å². The molecule has 3 aliphatic heterocycles. The van der Waals surface area contributed by atoms with Crippen LogP contribution in [-0.4, -0.2) is 29.0 Å². The highest BCUT2D eigenvalue weighted by Crippen LogP contribution is 2.43. The fourth-order valence-corrected chi connectivity index (χ4v) is 4.25. The van der Waals surface area contributed by atoms with Gasteiger partial charge < -0.3 is 0 Å². The van der Waals surface area contributed by atoms with Crippen molar-refractivity contribution < 1.29 is 4.39 Å². The molecular formula is C19H21FN2. The van der Waals surface area contributed by atoms with E-state index < -0.39 is 6.17 Å². The molecule has 3 aliphatic rings. The molecule has 114 valence electrons. The zero-order valence-electron chi connectivity index (χ0n) is 12.7. The van der Waals surface area contributed by atoms with Gasteiger partial charge in [0.15, 0.2) is 0 Å². The number of halogens is 1. The van der Waals surface area contributed by atoms with Gasteiger partial charge in [0.2, 0.25) is 0 Å². The molecule has 2 nitrogen and oxygen atoms in total. The maximum absolute atomic E-state index is 15.3. The number of piperidine rings is 3. The Morgan fingerprint density at radius 1 is 1.32 bits per heavy atom. The van der Waals surface area contributed by atoms with Crippen LogP contribution in [0.3, 0.4) is 0 Å². The van der Waals surface area contributed by atoms with Gasteiger partial charge in [0.05, 0.1) is 5.52 Å². The molecule has 22 heavy (non-hydrogen) atoms. The van der Waals surface area contributed by atoms with Gasteiger partial charge in [-0.05, 0) is 48.9 Å². The van der Waals surface area contributed by atoms with Crippen molar-refractivity contribution in [1.82, 2.24) is 9.88 Å². The molecule has 4 heterocycles. The molecule has 2 bridgehead atoms. The highest BCUT2D eigenvalue weighted by Gasteiger charge is 2.42. The molecule has 2 aromatic rings. The first kappa shape index (κ1) is 13.9. The van der Waals surface area contributed by atoms with Gasteiger partial charge in [-0.25, -0.2) is 4.39 Å². The summed E-state index contributed by atoms with van der Waals surface area (Å²) in [5.41, 5.74) is 1.67. The second kappa shape index (κ2) is 5.47. The number of fused-ring (bicyclic) bond motifs is 4. The third kappa shape index (κ3) is 2.15. The highest BCUT2D eigenvalue weighted by molar-refractivity contribution is 5.82. The largest absolute Gasteiger partial charge is 0.297 e. The quantitative estimate of drug-likeness (QED) is 0.791. The number of benzene rings is 1. The molecule has 0 N–H and O–H groups in total. The Labute approximate surface area is 130 Å². The van der Waals surface area contributed by atoms with Gasteiger partial charge in [-0.15, -0.1) is 6.58 Å².